The zero-order valence-electron chi connectivity index (χ0n) is 28.9. The molecular weight excluding hydrogens is 770 g/mol. The fraction of sp³-hybridized carbons (Fsp3) is 0.238. The third-order valence-corrected chi connectivity index (χ3v) is 8.94. The average Bonchev–Trinajstić information content (AvgIpc) is 3.61. The molecule has 0 N–H and O–H groups in total. The van der Waals surface area contributed by atoms with Crippen molar-refractivity contribution in [2.75, 3.05) is 4.90 Å². The molecule has 0 aliphatic heterocycles. The minimum atomic E-state index is -0.0535. The van der Waals surface area contributed by atoms with Gasteiger partial charge in [-0.3, -0.25) is 14.3 Å². The van der Waals surface area contributed by atoms with Crippen molar-refractivity contribution in [2.24, 2.45) is 0 Å². The molecule has 0 amide bonds. The average molecular weight is 811 g/mol. The minimum Gasteiger partial charge on any atom is -0.276 e. The number of rotatable bonds is 5. The van der Waals surface area contributed by atoms with Crippen molar-refractivity contribution in [2.45, 2.75) is 66.2 Å². The van der Waals surface area contributed by atoms with Gasteiger partial charge in [-0.15, -0.1) is 33.7 Å². The summed E-state index contributed by atoms with van der Waals surface area (Å²) in [6, 6.07) is 43.1. The first-order valence-electron chi connectivity index (χ1n) is 16.3. The Hall–Kier alpha value is -4.47. The van der Waals surface area contributed by atoms with Gasteiger partial charge in [-0.05, 0) is 59.3 Å². The van der Waals surface area contributed by atoms with Crippen LogP contribution >= 0.6 is 0 Å². The van der Waals surface area contributed by atoms with Crippen LogP contribution in [0.2, 0.25) is 0 Å². The number of benzene rings is 5. The predicted molar refractivity (Wildman–Crippen MR) is 195 cm³/mol. The molecule has 0 unspecified atom stereocenters. The molecule has 0 fully saturated rings. The molecule has 6 heteroatoms. The van der Waals surface area contributed by atoms with E-state index >= 15 is 0 Å². The van der Waals surface area contributed by atoms with Crippen molar-refractivity contribution in [3.8, 4) is 11.4 Å². The van der Waals surface area contributed by atoms with Gasteiger partial charge in [0, 0.05) is 29.2 Å². The summed E-state index contributed by atoms with van der Waals surface area (Å²) < 4.78 is 4.01. The smallest absolute Gasteiger partial charge is 0.276 e. The fourth-order valence-electron chi connectivity index (χ4n) is 6.22. The van der Waals surface area contributed by atoms with Crippen LogP contribution in [0, 0.1) is 26.0 Å². The molecule has 0 aliphatic carbocycles. The maximum atomic E-state index is 5.28. The Morgan fingerprint density at radius 2 is 0.979 bits per heavy atom. The molecule has 2 heterocycles. The number of anilines is 3. The fourth-order valence-corrected chi connectivity index (χ4v) is 6.22. The number of fused-ring (bicyclic) bond motifs is 2. The molecule has 5 nitrogen and oxygen atoms in total. The zero-order valence-corrected chi connectivity index (χ0v) is 31.1. The van der Waals surface area contributed by atoms with Crippen LogP contribution in [-0.4, -0.2) is 19.6 Å². The molecule has 0 spiro atoms. The van der Waals surface area contributed by atoms with E-state index in [9.17, 15) is 0 Å². The summed E-state index contributed by atoms with van der Waals surface area (Å²) in [6.45, 7) is 17.8. The second-order valence-electron chi connectivity index (χ2n) is 14.5. The third-order valence-electron chi connectivity index (χ3n) is 8.94. The minimum absolute atomic E-state index is 0. The number of aryl methyl sites for hydroxylation is 2. The predicted octanol–water partition coefficient (Wildman–Crippen LogP) is 10.6. The normalized spacial score (nSPS) is 12.0. The van der Waals surface area contributed by atoms with Crippen molar-refractivity contribution in [1.82, 2.24) is 19.6 Å². The van der Waals surface area contributed by atoms with Crippen LogP contribution in [0.5, 0.6) is 0 Å². The van der Waals surface area contributed by atoms with Crippen LogP contribution < -0.4 is 4.90 Å². The topological polar surface area (TPSA) is 38.9 Å². The molecule has 0 bridgehead atoms. The van der Waals surface area contributed by atoms with Crippen molar-refractivity contribution < 1.29 is 21.1 Å². The van der Waals surface area contributed by atoms with Gasteiger partial charge in [-0.25, -0.2) is 0 Å². The second-order valence-corrected chi connectivity index (χ2v) is 14.5. The summed E-state index contributed by atoms with van der Waals surface area (Å²) >= 11 is 0. The van der Waals surface area contributed by atoms with Crippen LogP contribution in [0.3, 0.4) is 0 Å². The Morgan fingerprint density at radius 1 is 0.562 bits per heavy atom. The second kappa shape index (κ2) is 12.5. The van der Waals surface area contributed by atoms with Crippen LogP contribution in [-0.2, 0) is 31.9 Å². The Labute approximate surface area is 298 Å². The first-order valence-corrected chi connectivity index (χ1v) is 16.3. The Kier molecular flexibility index (Phi) is 8.72. The van der Waals surface area contributed by atoms with E-state index in [-0.39, 0.29) is 31.9 Å². The molecule has 244 valence electrons. The molecule has 0 atom stereocenters. The van der Waals surface area contributed by atoms with Crippen molar-refractivity contribution in [1.29, 1.82) is 0 Å². The molecule has 0 saturated carbocycles. The molecule has 5 aromatic carbocycles. The summed E-state index contributed by atoms with van der Waals surface area (Å²) in [4.78, 5) is 2.20. The first kappa shape index (κ1) is 33.4. The van der Waals surface area contributed by atoms with E-state index in [1.165, 1.54) is 11.1 Å². The van der Waals surface area contributed by atoms with Crippen molar-refractivity contribution in [3.63, 3.8) is 0 Å². The number of nitrogens with zero attached hydrogens (tertiary/aromatic N) is 5. The van der Waals surface area contributed by atoms with Gasteiger partial charge in [0.2, 0.25) is 0 Å². The Balaban J connectivity index is 0.00000401. The van der Waals surface area contributed by atoms with Gasteiger partial charge in [0.25, 0.3) is 0 Å². The number of hydrogen-bond donors (Lipinski definition) is 0. The van der Waals surface area contributed by atoms with Gasteiger partial charge < -0.3 is 0 Å². The van der Waals surface area contributed by atoms with Gasteiger partial charge in [-0.1, -0.05) is 84.0 Å². The van der Waals surface area contributed by atoms with Crippen molar-refractivity contribution >= 4 is 38.9 Å². The molecular formula is C42H41N5Pt. The molecule has 48 heavy (non-hydrogen) atoms. The standard InChI is InChI=1S/C42H41N5.Pt/c1-28-23-39(43-46(28)37-21-13-17-30-15-9-11-19-35(30)37)45(34-26-32(41(3,4)5)25-33(27-34)42(6,7)8)40-24-29(2)47(44-40)38-22-14-18-31-16-10-12-20-36(31)38;/h9-20,23-27H,1-8H3;/q-2;+2. The number of hydrogen-bond acceptors (Lipinski definition) is 3. The summed E-state index contributed by atoms with van der Waals surface area (Å²) in [6.07, 6.45) is 0. The molecule has 0 radical (unpaired) electrons. The van der Waals surface area contributed by atoms with Crippen LogP contribution in [0.15, 0.2) is 103 Å². The maximum absolute atomic E-state index is 5.28. The SMILES string of the molecule is Cc1cc(N(c2cc(C(C)(C)C)cc(C(C)(C)C)c2)c2cc(C)n(-c3[c-]ccc4ccccc34)n2)nn1-c1[c-]ccc2ccccc12.[Pt+2]. The summed E-state index contributed by atoms with van der Waals surface area (Å²) in [5.74, 6) is 1.59. The maximum Gasteiger partial charge on any atom is 2.00 e. The van der Waals surface area contributed by atoms with E-state index in [0.29, 0.717) is 0 Å². The van der Waals surface area contributed by atoms with Gasteiger partial charge in [0.05, 0.1) is 0 Å². The quantitative estimate of drug-likeness (QED) is 0.163. The van der Waals surface area contributed by atoms with E-state index in [0.717, 1.165) is 61.6 Å². The van der Waals surface area contributed by atoms with E-state index in [1.54, 1.807) is 0 Å². The van der Waals surface area contributed by atoms with E-state index in [2.05, 4.69) is 163 Å². The van der Waals surface area contributed by atoms with Crippen LogP contribution in [0.25, 0.3) is 32.9 Å². The molecule has 7 rings (SSSR count). The van der Waals surface area contributed by atoms with E-state index in [1.807, 2.05) is 21.5 Å². The van der Waals surface area contributed by atoms with Crippen LogP contribution in [0.1, 0.15) is 64.1 Å². The summed E-state index contributed by atoms with van der Waals surface area (Å²) in [5, 5.41) is 15.1. The summed E-state index contributed by atoms with van der Waals surface area (Å²) in [7, 11) is 0. The molecule has 0 aliphatic rings. The molecule has 0 saturated heterocycles. The molecule has 7 aromatic rings. The zero-order chi connectivity index (χ0) is 33.1. The van der Waals surface area contributed by atoms with E-state index < -0.39 is 0 Å². The summed E-state index contributed by atoms with van der Waals surface area (Å²) in [5.41, 5.74) is 7.34. The Bertz CT molecular complexity index is 2090. The molecule has 2 aromatic heterocycles. The van der Waals surface area contributed by atoms with Crippen molar-refractivity contribution in [3.05, 3.63) is 138 Å². The van der Waals surface area contributed by atoms with Gasteiger partial charge >= 0.3 is 21.1 Å². The van der Waals surface area contributed by atoms with Gasteiger partial charge in [0.15, 0.2) is 11.6 Å². The monoisotopic (exact) mass is 810 g/mol. The Morgan fingerprint density at radius 3 is 1.40 bits per heavy atom. The first-order chi connectivity index (χ1) is 22.4. The van der Waals surface area contributed by atoms with E-state index in [4.69, 9.17) is 10.2 Å². The number of aromatic nitrogens is 4. The largest absolute Gasteiger partial charge is 2.00 e. The van der Waals surface area contributed by atoms with Gasteiger partial charge in [0.1, 0.15) is 0 Å². The van der Waals surface area contributed by atoms with Crippen LogP contribution in [0.4, 0.5) is 17.3 Å². The third kappa shape index (κ3) is 6.13. The van der Waals surface area contributed by atoms with Gasteiger partial charge in [-0.2, -0.15) is 46.6 Å².